The molecule has 0 aliphatic carbocycles. The van der Waals surface area contributed by atoms with E-state index >= 15 is 0 Å². The van der Waals surface area contributed by atoms with Crippen molar-refractivity contribution in [1.82, 2.24) is 14.1 Å². The monoisotopic (exact) mass is 191 g/mol. The largest absolute Gasteiger partial charge is 0.329 e. The highest BCUT2D eigenvalue weighted by Gasteiger charge is 2.08. The third kappa shape index (κ3) is 1.07. The van der Waals surface area contributed by atoms with Crippen LogP contribution in [0.5, 0.6) is 0 Å². The van der Waals surface area contributed by atoms with Crippen molar-refractivity contribution < 1.29 is 0 Å². The zero-order valence-corrected chi connectivity index (χ0v) is 8.61. The predicted octanol–water partition coefficient (Wildman–Crippen LogP) is 0.834. The van der Waals surface area contributed by atoms with Gasteiger partial charge in [-0.25, -0.2) is 9.78 Å². The van der Waals surface area contributed by atoms with Crippen molar-refractivity contribution in [2.24, 2.45) is 14.1 Å². The van der Waals surface area contributed by atoms with Gasteiger partial charge < -0.3 is 0 Å². The first-order chi connectivity index (χ1) is 6.65. The minimum absolute atomic E-state index is 0.0271. The Morgan fingerprint density at radius 2 is 2.07 bits per heavy atom. The predicted molar refractivity (Wildman–Crippen MR) is 55.3 cm³/mol. The molecule has 0 saturated carbocycles. The number of hydrogen-bond donors (Lipinski definition) is 0. The van der Waals surface area contributed by atoms with E-state index in [1.54, 1.807) is 23.2 Å². The standard InChI is InChI=1S/C10H13N3O/c1-4-7-5-8-9(11-6-7)13(3)10(14)12(8)2/h5-6H,4H2,1-3H3. The maximum Gasteiger partial charge on any atom is 0.329 e. The lowest BCUT2D eigenvalue weighted by atomic mass is 10.2. The molecule has 2 heterocycles. The molecule has 0 N–H and O–H groups in total. The lowest BCUT2D eigenvalue weighted by Gasteiger charge is -1.97. The summed E-state index contributed by atoms with van der Waals surface area (Å²) >= 11 is 0. The molecule has 0 saturated heterocycles. The zero-order valence-electron chi connectivity index (χ0n) is 8.61. The van der Waals surface area contributed by atoms with Crippen LogP contribution in [0, 0.1) is 0 Å². The summed E-state index contributed by atoms with van der Waals surface area (Å²) in [6.45, 7) is 2.07. The minimum atomic E-state index is -0.0271. The van der Waals surface area contributed by atoms with Crippen molar-refractivity contribution in [3.63, 3.8) is 0 Å². The van der Waals surface area contributed by atoms with Crippen LogP contribution in [0.4, 0.5) is 0 Å². The van der Waals surface area contributed by atoms with Gasteiger partial charge in [-0.3, -0.25) is 9.13 Å². The van der Waals surface area contributed by atoms with Crippen LogP contribution in [0.3, 0.4) is 0 Å². The van der Waals surface area contributed by atoms with Crippen LogP contribution in [-0.2, 0) is 20.5 Å². The van der Waals surface area contributed by atoms with E-state index in [-0.39, 0.29) is 5.69 Å². The van der Waals surface area contributed by atoms with Crippen LogP contribution in [0.2, 0.25) is 0 Å². The smallest absolute Gasteiger partial charge is 0.293 e. The SMILES string of the molecule is CCc1cnc2c(c1)n(C)c(=O)n2C. The van der Waals surface area contributed by atoms with Crippen LogP contribution in [0.25, 0.3) is 11.2 Å². The van der Waals surface area contributed by atoms with Gasteiger partial charge in [-0.05, 0) is 18.1 Å². The number of hydrogen-bond acceptors (Lipinski definition) is 2. The summed E-state index contributed by atoms with van der Waals surface area (Å²) < 4.78 is 3.19. The number of aromatic nitrogens is 3. The fourth-order valence-corrected chi connectivity index (χ4v) is 1.60. The summed E-state index contributed by atoms with van der Waals surface area (Å²) in [5, 5.41) is 0. The number of aryl methyl sites for hydroxylation is 3. The van der Waals surface area contributed by atoms with E-state index < -0.39 is 0 Å². The summed E-state index contributed by atoms with van der Waals surface area (Å²) in [4.78, 5) is 15.8. The maximum atomic E-state index is 11.6. The van der Waals surface area contributed by atoms with Gasteiger partial charge in [0.25, 0.3) is 0 Å². The van der Waals surface area contributed by atoms with E-state index in [0.717, 1.165) is 23.1 Å². The molecule has 0 unspecified atom stereocenters. The second-order valence-corrected chi connectivity index (χ2v) is 3.44. The van der Waals surface area contributed by atoms with Crippen LogP contribution in [-0.4, -0.2) is 14.1 Å². The number of rotatable bonds is 1. The normalized spacial score (nSPS) is 11.1. The molecule has 2 aromatic rings. The quantitative estimate of drug-likeness (QED) is 0.670. The van der Waals surface area contributed by atoms with Crippen LogP contribution in [0.15, 0.2) is 17.1 Å². The number of imidazole rings is 1. The molecule has 4 heteroatoms. The number of pyridine rings is 1. The Balaban J connectivity index is 2.89. The molecule has 0 fully saturated rings. The molecule has 0 aliphatic rings. The molecule has 2 rings (SSSR count). The maximum absolute atomic E-state index is 11.6. The Hall–Kier alpha value is -1.58. The molecule has 0 bridgehead atoms. The van der Waals surface area contributed by atoms with Crippen molar-refractivity contribution in [1.29, 1.82) is 0 Å². The highest BCUT2D eigenvalue weighted by atomic mass is 16.1. The van der Waals surface area contributed by atoms with E-state index in [2.05, 4.69) is 11.9 Å². The Morgan fingerprint density at radius 3 is 2.71 bits per heavy atom. The van der Waals surface area contributed by atoms with Gasteiger partial charge in [0.2, 0.25) is 0 Å². The van der Waals surface area contributed by atoms with E-state index in [1.807, 2.05) is 12.3 Å². The Bertz CT molecular complexity index is 536. The van der Waals surface area contributed by atoms with Gasteiger partial charge in [0, 0.05) is 20.3 Å². The van der Waals surface area contributed by atoms with Gasteiger partial charge in [-0.1, -0.05) is 6.92 Å². The van der Waals surface area contributed by atoms with Crippen molar-refractivity contribution in [2.45, 2.75) is 13.3 Å². The highest BCUT2D eigenvalue weighted by molar-refractivity contribution is 5.72. The second kappa shape index (κ2) is 2.97. The van der Waals surface area contributed by atoms with Gasteiger partial charge in [-0.2, -0.15) is 0 Å². The topological polar surface area (TPSA) is 39.8 Å². The average Bonchev–Trinajstić information content (AvgIpc) is 2.44. The molecular formula is C10H13N3O. The molecular weight excluding hydrogens is 178 g/mol. The molecule has 2 aromatic heterocycles. The van der Waals surface area contributed by atoms with Crippen LogP contribution < -0.4 is 5.69 Å². The van der Waals surface area contributed by atoms with Gasteiger partial charge >= 0.3 is 5.69 Å². The fraction of sp³-hybridized carbons (Fsp3) is 0.400. The van der Waals surface area contributed by atoms with E-state index in [1.165, 1.54) is 0 Å². The van der Waals surface area contributed by atoms with Gasteiger partial charge in [-0.15, -0.1) is 0 Å². The highest BCUT2D eigenvalue weighted by Crippen LogP contribution is 2.10. The first-order valence-electron chi connectivity index (χ1n) is 4.65. The molecule has 4 nitrogen and oxygen atoms in total. The molecule has 0 radical (unpaired) electrons. The van der Waals surface area contributed by atoms with E-state index in [9.17, 15) is 4.79 Å². The Morgan fingerprint density at radius 1 is 1.36 bits per heavy atom. The number of nitrogens with zero attached hydrogens (tertiary/aromatic N) is 3. The van der Waals surface area contributed by atoms with Crippen LogP contribution >= 0.6 is 0 Å². The second-order valence-electron chi connectivity index (χ2n) is 3.44. The fourth-order valence-electron chi connectivity index (χ4n) is 1.60. The molecule has 0 atom stereocenters. The average molecular weight is 191 g/mol. The summed E-state index contributed by atoms with van der Waals surface area (Å²) in [7, 11) is 3.51. The van der Waals surface area contributed by atoms with Crippen LogP contribution in [0.1, 0.15) is 12.5 Å². The minimum Gasteiger partial charge on any atom is -0.293 e. The first-order valence-corrected chi connectivity index (χ1v) is 4.65. The third-order valence-corrected chi connectivity index (χ3v) is 2.57. The van der Waals surface area contributed by atoms with Gasteiger partial charge in [0.15, 0.2) is 5.65 Å². The van der Waals surface area contributed by atoms with Crippen molar-refractivity contribution in [3.8, 4) is 0 Å². The van der Waals surface area contributed by atoms with Gasteiger partial charge in [0.1, 0.15) is 0 Å². The lowest BCUT2D eigenvalue weighted by Crippen LogP contribution is -2.19. The summed E-state index contributed by atoms with van der Waals surface area (Å²) in [6, 6.07) is 2.02. The van der Waals surface area contributed by atoms with Crippen molar-refractivity contribution >= 4 is 11.2 Å². The molecule has 74 valence electrons. The summed E-state index contributed by atoms with van der Waals surface area (Å²) in [5.74, 6) is 0. The molecule has 0 aliphatic heterocycles. The molecule has 0 amide bonds. The van der Waals surface area contributed by atoms with E-state index in [0.29, 0.717) is 0 Å². The lowest BCUT2D eigenvalue weighted by molar-refractivity contribution is 0.791. The number of fused-ring (bicyclic) bond motifs is 1. The van der Waals surface area contributed by atoms with Crippen molar-refractivity contribution in [2.75, 3.05) is 0 Å². The molecule has 14 heavy (non-hydrogen) atoms. The zero-order chi connectivity index (χ0) is 10.3. The first kappa shape index (κ1) is 8.99. The Kier molecular flexibility index (Phi) is 1.91. The van der Waals surface area contributed by atoms with Gasteiger partial charge in [0.05, 0.1) is 5.52 Å². The third-order valence-electron chi connectivity index (χ3n) is 2.57. The molecule has 0 spiro atoms. The van der Waals surface area contributed by atoms with Crippen molar-refractivity contribution in [3.05, 3.63) is 28.3 Å². The summed E-state index contributed by atoms with van der Waals surface area (Å²) in [5.41, 5.74) is 2.77. The molecule has 0 aromatic carbocycles. The summed E-state index contributed by atoms with van der Waals surface area (Å²) in [6.07, 6.45) is 2.76. The van der Waals surface area contributed by atoms with E-state index in [4.69, 9.17) is 0 Å². The Labute approximate surface area is 81.8 Å².